The molecule has 0 bridgehead atoms. The Morgan fingerprint density at radius 3 is 2.16 bits per heavy atom. The fraction of sp³-hybridized carbons (Fsp3) is 0.294. The molecule has 1 atom stereocenters. The van der Waals surface area contributed by atoms with Crippen molar-refractivity contribution in [1.82, 2.24) is 0 Å². The maximum atomic E-state index is 13.0. The molecule has 0 aliphatic carbocycles. The van der Waals surface area contributed by atoms with Crippen molar-refractivity contribution >= 4 is 0 Å². The van der Waals surface area contributed by atoms with E-state index in [0.29, 0.717) is 0 Å². The average molecular weight is 257 g/mol. The molecule has 2 rings (SSSR count). The van der Waals surface area contributed by atoms with E-state index < -0.39 is 0 Å². The summed E-state index contributed by atoms with van der Waals surface area (Å²) in [7, 11) is 0. The molecular formula is C17H20FN. The molecule has 0 saturated carbocycles. The molecule has 1 nitrogen and oxygen atoms in total. The van der Waals surface area contributed by atoms with Gasteiger partial charge in [0.15, 0.2) is 0 Å². The van der Waals surface area contributed by atoms with Gasteiger partial charge in [0, 0.05) is 11.5 Å². The minimum absolute atomic E-state index is 0.0136. The molecule has 0 aromatic heterocycles. The topological polar surface area (TPSA) is 26.0 Å². The first-order valence-electron chi connectivity index (χ1n) is 6.55. The number of rotatable bonds is 4. The van der Waals surface area contributed by atoms with Gasteiger partial charge in [-0.15, -0.1) is 0 Å². The summed E-state index contributed by atoms with van der Waals surface area (Å²) >= 11 is 0. The van der Waals surface area contributed by atoms with Gasteiger partial charge in [-0.1, -0.05) is 56.3 Å². The van der Waals surface area contributed by atoms with Crippen LogP contribution >= 0.6 is 0 Å². The summed E-state index contributed by atoms with van der Waals surface area (Å²) in [5, 5.41) is 0. The van der Waals surface area contributed by atoms with Crippen LogP contribution in [0.15, 0.2) is 54.6 Å². The lowest BCUT2D eigenvalue weighted by Gasteiger charge is -2.32. The minimum atomic E-state index is -0.212. The van der Waals surface area contributed by atoms with E-state index in [1.165, 1.54) is 17.7 Å². The second kappa shape index (κ2) is 5.54. The lowest BCUT2D eigenvalue weighted by Crippen LogP contribution is -2.42. The van der Waals surface area contributed by atoms with E-state index in [4.69, 9.17) is 5.73 Å². The smallest absolute Gasteiger partial charge is 0.123 e. The molecule has 100 valence electrons. The number of hydrogen-bond donors (Lipinski definition) is 1. The summed E-state index contributed by atoms with van der Waals surface area (Å²) in [6.45, 7) is 4.21. The van der Waals surface area contributed by atoms with E-state index >= 15 is 0 Å². The molecule has 0 fully saturated rings. The predicted molar refractivity (Wildman–Crippen MR) is 77.5 cm³/mol. The van der Waals surface area contributed by atoms with E-state index in [0.717, 1.165) is 12.0 Å². The molecule has 0 radical (unpaired) electrons. The third kappa shape index (κ3) is 3.21. The van der Waals surface area contributed by atoms with Crippen LogP contribution in [0.3, 0.4) is 0 Å². The molecular weight excluding hydrogens is 237 g/mol. The Morgan fingerprint density at radius 2 is 1.58 bits per heavy atom. The normalized spacial score (nSPS) is 13.3. The minimum Gasteiger partial charge on any atom is -0.327 e. The second-order valence-electron chi connectivity index (χ2n) is 5.52. The summed E-state index contributed by atoms with van der Waals surface area (Å²) in [4.78, 5) is 0. The largest absolute Gasteiger partial charge is 0.327 e. The third-order valence-corrected chi connectivity index (χ3v) is 3.81. The molecule has 19 heavy (non-hydrogen) atoms. The van der Waals surface area contributed by atoms with Gasteiger partial charge in [-0.2, -0.15) is 0 Å². The Hall–Kier alpha value is -1.67. The molecule has 2 heteroatoms. The van der Waals surface area contributed by atoms with Crippen LogP contribution < -0.4 is 5.73 Å². The summed E-state index contributed by atoms with van der Waals surface area (Å²) in [5.74, 6) is -0.212. The Kier molecular flexibility index (Phi) is 4.01. The average Bonchev–Trinajstić information content (AvgIpc) is 2.40. The van der Waals surface area contributed by atoms with Crippen molar-refractivity contribution in [2.75, 3.05) is 0 Å². The van der Waals surface area contributed by atoms with Gasteiger partial charge < -0.3 is 5.73 Å². The van der Waals surface area contributed by atoms with E-state index in [1.807, 2.05) is 30.3 Å². The van der Waals surface area contributed by atoms with Crippen LogP contribution in [0, 0.1) is 5.82 Å². The van der Waals surface area contributed by atoms with Gasteiger partial charge >= 0.3 is 0 Å². The van der Waals surface area contributed by atoms with Crippen molar-refractivity contribution in [3.63, 3.8) is 0 Å². The van der Waals surface area contributed by atoms with Gasteiger partial charge in [0.05, 0.1) is 0 Å². The molecule has 2 aromatic rings. The maximum absolute atomic E-state index is 13.0. The van der Waals surface area contributed by atoms with Gasteiger partial charge in [0.1, 0.15) is 5.82 Å². The Labute approximate surface area is 114 Å². The van der Waals surface area contributed by atoms with Crippen LogP contribution in [-0.2, 0) is 11.8 Å². The van der Waals surface area contributed by atoms with Gasteiger partial charge in [-0.3, -0.25) is 0 Å². The highest BCUT2D eigenvalue weighted by Gasteiger charge is 2.28. The van der Waals surface area contributed by atoms with Crippen LogP contribution in [0.5, 0.6) is 0 Å². The zero-order chi connectivity index (χ0) is 13.9. The summed E-state index contributed by atoms with van der Waals surface area (Å²) < 4.78 is 13.0. The molecule has 2 N–H and O–H groups in total. The fourth-order valence-corrected chi connectivity index (χ4v) is 2.22. The summed E-state index contributed by atoms with van der Waals surface area (Å²) in [6, 6.07) is 16.8. The zero-order valence-electron chi connectivity index (χ0n) is 11.4. The first kappa shape index (κ1) is 13.8. The van der Waals surface area contributed by atoms with Crippen molar-refractivity contribution in [3.05, 3.63) is 71.5 Å². The SMILES string of the molecule is CC(C)(c1ccc(F)cc1)C(N)Cc1ccccc1. The first-order chi connectivity index (χ1) is 9.00. The van der Waals surface area contributed by atoms with Crippen LogP contribution in [0.4, 0.5) is 4.39 Å². The molecule has 1 unspecified atom stereocenters. The van der Waals surface area contributed by atoms with E-state index in [2.05, 4.69) is 26.0 Å². The fourth-order valence-electron chi connectivity index (χ4n) is 2.22. The van der Waals surface area contributed by atoms with Gasteiger partial charge in [-0.05, 0) is 29.7 Å². The van der Waals surface area contributed by atoms with E-state index in [1.54, 1.807) is 0 Å². The van der Waals surface area contributed by atoms with E-state index in [-0.39, 0.29) is 17.3 Å². The van der Waals surface area contributed by atoms with Crippen molar-refractivity contribution in [1.29, 1.82) is 0 Å². The predicted octanol–water partition coefficient (Wildman–Crippen LogP) is 3.67. The van der Waals surface area contributed by atoms with Crippen LogP contribution in [-0.4, -0.2) is 6.04 Å². The highest BCUT2D eigenvalue weighted by atomic mass is 19.1. The monoisotopic (exact) mass is 257 g/mol. The number of hydrogen-bond acceptors (Lipinski definition) is 1. The lowest BCUT2D eigenvalue weighted by atomic mass is 9.76. The van der Waals surface area contributed by atoms with Crippen LogP contribution in [0.2, 0.25) is 0 Å². The van der Waals surface area contributed by atoms with Crippen LogP contribution in [0.25, 0.3) is 0 Å². The molecule has 2 aromatic carbocycles. The van der Waals surface area contributed by atoms with Crippen LogP contribution in [0.1, 0.15) is 25.0 Å². The molecule has 0 amide bonds. The zero-order valence-corrected chi connectivity index (χ0v) is 11.4. The molecule has 0 spiro atoms. The highest BCUT2D eigenvalue weighted by Crippen LogP contribution is 2.28. The molecule has 0 aliphatic rings. The number of halogens is 1. The Balaban J connectivity index is 2.17. The van der Waals surface area contributed by atoms with Crippen molar-refractivity contribution in [2.45, 2.75) is 31.7 Å². The molecule has 0 heterocycles. The van der Waals surface area contributed by atoms with Gasteiger partial charge in [0.25, 0.3) is 0 Å². The molecule has 0 saturated heterocycles. The lowest BCUT2D eigenvalue weighted by molar-refractivity contribution is 0.406. The highest BCUT2D eigenvalue weighted by molar-refractivity contribution is 5.28. The standard InChI is InChI=1S/C17H20FN/c1-17(2,14-8-10-15(18)11-9-14)16(19)12-13-6-4-3-5-7-13/h3-11,16H,12,19H2,1-2H3. The summed E-state index contributed by atoms with van der Waals surface area (Å²) in [6.07, 6.45) is 0.811. The summed E-state index contributed by atoms with van der Waals surface area (Å²) in [5.41, 5.74) is 8.46. The maximum Gasteiger partial charge on any atom is 0.123 e. The molecule has 0 aliphatic heterocycles. The third-order valence-electron chi connectivity index (χ3n) is 3.81. The van der Waals surface area contributed by atoms with Crippen molar-refractivity contribution in [3.8, 4) is 0 Å². The quantitative estimate of drug-likeness (QED) is 0.888. The Bertz CT molecular complexity index is 517. The first-order valence-corrected chi connectivity index (χ1v) is 6.55. The van der Waals surface area contributed by atoms with E-state index in [9.17, 15) is 4.39 Å². The van der Waals surface area contributed by atoms with Gasteiger partial charge in [-0.25, -0.2) is 4.39 Å². The Morgan fingerprint density at radius 1 is 1.00 bits per heavy atom. The van der Waals surface area contributed by atoms with Gasteiger partial charge in [0.2, 0.25) is 0 Å². The number of benzene rings is 2. The second-order valence-corrected chi connectivity index (χ2v) is 5.52. The van der Waals surface area contributed by atoms with Crippen molar-refractivity contribution < 1.29 is 4.39 Å². The number of nitrogens with two attached hydrogens (primary N) is 1. The van der Waals surface area contributed by atoms with Crippen molar-refractivity contribution in [2.24, 2.45) is 5.73 Å².